The zero-order valence-electron chi connectivity index (χ0n) is 15.7. The Morgan fingerprint density at radius 3 is 2.41 bits per heavy atom. The fourth-order valence-corrected chi connectivity index (χ4v) is 3.87. The van der Waals surface area contributed by atoms with Crippen molar-refractivity contribution in [1.29, 1.82) is 0 Å². The molecular weight excluding hydrogens is 384 g/mol. The van der Waals surface area contributed by atoms with E-state index in [1.807, 2.05) is 0 Å². The maximum absolute atomic E-state index is 12.8. The van der Waals surface area contributed by atoms with Gasteiger partial charge in [-0.3, -0.25) is 9.59 Å². The van der Waals surface area contributed by atoms with Gasteiger partial charge in [0.1, 0.15) is 35.6 Å². The van der Waals surface area contributed by atoms with Crippen molar-refractivity contribution in [3.8, 4) is 17.2 Å². The van der Waals surface area contributed by atoms with Gasteiger partial charge in [-0.1, -0.05) is 0 Å². The summed E-state index contributed by atoms with van der Waals surface area (Å²) in [5.41, 5.74) is 0.0855. The van der Waals surface area contributed by atoms with E-state index < -0.39 is 53.4 Å². The predicted octanol–water partition coefficient (Wildman–Crippen LogP) is -0.00170. The molecule has 0 aliphatic heterocycles. The minimum Gasteiger partial charge on any atom is -0.508 e. The summed E-state index contributed by atoms with van der Waals surface area (Å²) >= 11 is 0. The standard InChI is InChI=1S/C20H22O9/c1-7(21)15(24)19(28)20(29-2)11-5-9-3-8-4-10(22)6-12(23)13(8)17(26)14(9)18(27)16(11)25/h3-4,6-7,11,15-16,20-26H,5H2,1-2H3. The number of phenolic OH excluding ortho intramolecular Hbond substituents is 3. The number of hydrogen-bond donors (Lipinski definition) is 6. The molecule has 0 saturated carbocycles. The van der Waals surface area contributed by atoms with Crippen LogP contribution in [0.3, 0.4) is 0 Å². The van der Waals surface area contributed by atoms with Gasteiger partial charge in [-0.25, -0.2) is 0 Å². The summed E-state index contributed by atoms with van der Waals surface area (Å²) in [7, 11) is 1.18. The Bertz CT molecular complexity index is 982. The first-order chi connectivity index (χ1) is 13.6. The Hall–Kier alpha value is -2.72. The Kier molecular flexibility index (Phi) is 5.50. The Morgan fingerprint density at radius 2 is 1.83 bits per heavy atom. The number of methoxy groups -OCH3 is 1. The van der Waals surface area contributed by atoms with E-state index in [0.29, 0.717) is 0 Å². The van der Waals surface area contributed by atoms with Gasteiger partial charge in [-0.15, -0.1) is 0 Å². The molecule has 0 saturated heterocycles. The molecule has 0 heterocycles. The highest BCUT2D eigenvalue weighted by molar-refractivity contribution is 6.11. The van der Waals surface area contributed by atoms with Crippen LogP contribution in [0.1, 0.15) is 22.8 Å². The van der Waals surface area contributed by atoms with Gasteiger partial charge in [0.05, 0.1) is 17.1 Å². The van der Waals surface area contributed by atoms with Crippen LogP contribution in [0.2, 0.25) is 0 Å². The third kappa shape index (κ3) is 3.42. The van der Waals surface area contributed by atoms with Crippen molar-refractivity contribution in [2.45, 2.75) is 37.8 Å². The van der Waals surface area contributed by atoms with Crippen LogP contribution < -0.4 is 0 Å². The molecule has 9 heteroatoms. The van der Waals surface area contributed by atoms with Crippen LogP contribution in [0.15, 0.2) is 18.2 Å². The van der Waals surface area contributed by atoms with Gasteiger partial charge in [0, 0.05) is 19.1 Å². The molecule has 6 N–H and O–H groups in total. The predicted molar refractivity (Wildman–Crippen MR) is 100.0 cm³/mol. The number of ketones is 2. The lowest BCUT2D eigenvalue weighted by Crippen LogP contribution is -2.50. The van der Waals surface area contributed by atoms with Gasteiger partial charge < -0.3 is 35.4 Å². The first-order valence-electron chi connectivity index (χ1n) is 8.93. The Labute approximate surface area is 165 Å². The van der Waals surface area contributed by atoms with Crippen molar-refractivity contribution >= 4 is 22.3 Å². The first kappa shape index (κ1) is 21.0. The number of ether oxygens (including phenoxy) is 1. The topological polar surface area (TPSA) is 165 Å². The minimum absolute atomic E-state index is 0.0514. The third-order valence-electron chi connectivity index (χ3n) is 5.31. The molecular formula is C20H22O9. The van der Waals surface area contributed by atoms with Crippen molar-refractivity contribution < 1.29 is 45.0 Å². The van der Waals surface area contributed by atoms with Crippen molar-refractivity contribution in [2.24, 2.45) is 5.92 Å². The summed E-state index contributed by atoms with van der Waals surface area (Å²) in [6, 6.07) is 3.76. The van der Waals surface area contributed by atoms with Crippen molar-refractivity contribution in [3.63, 3.8) is 0 Å². The maximum atomic E-state index is 12.8. The number of rotatable bonds is 5. The largest absolute Gasteiger partial charge is 0.508 e. The van der Waals surface area contributed by atoms with Gasteiger partial charge in [0.25, 0.3) is 0 Å². The second kappa shape index (κ2) is 7.60. The summed E-state index contributed by atoms with van der Waals surface area (Å²) in [6.07, 6.45) is -6.31. The van der Waals surface area contributed by atoms with E-state index in [4.69, 9.17) is 4.74 Å². The molecule has 0 amide bonds. The number of carbonyl (C=O) groups is 2. The second-order valence-corrected chi connectivity index (χ2v) is 7.24. The van der Waals surface area contributed by atoms with E-state index in [1.54, 1.807) is 0 Å². The molecule has 0 fully saturated rings. The van der Waals surface area contributed by atoms with Crippen LogP contribution in [0, 0.1) is 5.92 Å². The molecule has 3 rings (SSSR count). The molecule has 2 aromatic rings. The normalized spacial score (nSPS) is 22.2. The van der Waals surface area contributed by atoms with Crippen LogP contribution in [0.4, 0.5) is 0 Å². The number of hydrogen-bond acceptors (Lipinski definition) is 9. The summed E-state index contributed by atoms with van der Waals surface area (Å²) in [5, 5.41) is 60.4. The van der Waals surface area contributed by atoms with E-state index in [2.05, 4.69) is 0 Å². The van der Waals surface area contributed by atoms with Gasteiger partial charge in [0.2, 0.25) is 0 Å². The number of carbonyl (C=O) groups excluding carboxylic acids is 2. The Morgan fingerprint density at radius 1 is 1.17 bits per heavy atom. The van der Waals surface area contributed by atoms with E-state index in [-0.39, 0.29) is 34.1 Å². The van der Waals surface area contributed by atoms with Crippen molar-refractivity contribution in [3.05, 3.63) is 29.3 Å². The molecule has 0 spiro atoms. The highest BCUT2D eigenvalue weighted by Gasteiger charge is 2.45. The van der Waals surface area contributed by atoms with Crippen LogP contribution in [-0.4, -0.2) is 73.7 Å². The molecule has 5 unspecified atom stereocenters. The number of fused-ring (bicyclic) bond motifs is 2. The first-order valence-corrected chi connectivity index (χ1v) is 8.93. The number of aromatic hydroxyl groups is 3. The van der Waals surface area contributed by atoms with Crippen LogP contribution in [0.25, 0.3) is 10.8 Å². The summed E-state index contributed by atoms with van der Waals surface area (Å²) in [6.45, 7) is 1.22. The summed E-state index contributed by atoms with van der Waals surface area (Å²) in [5.74, 6) is -4.06. The van der Waals surface area contributed by atoms with E-state index in [0.717, 1.165) is 6.07 Å². The smallest absolute Gasteiger partial charge is 0.195 e. The second-order valence-electron chi connectivity index (χ2n) is 7.24. The lowest BCUT2D eigenvalue weighted by Gasteiger charge is -2.34. The van der Waals surface area contributed by atoms with Crippen molar-refractivity contribution in [2.75, 3.05) is 7.11 Å². The highest BCUT2D eigenvalue weighted by atomic mass is 16.5. The molecule has 29 heavy (non-hydrogen) atoms. The molecule has 2 aromatic carbocycles. The number of Topliss-reactive ketones (excluding diaryl/α,β-unsaturated/α-hetero) is 2. The van der Waals surface area contributed by atoms with E-state index in [1.165, 1.54) is 26.2 Å². The summed E-state index contributed by atoms with van der Waals surface area (Å²) in [4.78, 5) is 25.3. The molecule has 156 valence electrons. The lowest BCUT2D eigenvalue weighted by molar-refractivity contribution is -0.148. The van der Waals surface area contributed by atoms with Gasteiger partial charge >= 0.3 is 0 Å². The summed E-state index contributed by atoms with van der Waals surface area (Å²) < 4.78 is 5.14. The molecule has 0 bridgehead atoms. The van der Waals surface area contributed by atoms with Crippen molar-refractivity contribution in [1.82, 2.24) is 0 Å². The van der Waals surface area contributed by atoms with Gasteiger partial charge in [-0.05, 0) is 36.4 Å². The molecule has 9 nitrogen and oxygen atoms in total. The zero-order chi connectivity index (χ0) is 21.6. The molecule has 0 radical (unpaired) electrons. The average Bonchev–Trinajstić information content (AvgIpc) is 2.64. The number of aliphatic hydroxyl groups is 3. The van der Waals surface area contributed by atoms with Gasteiger partial charge in [-0.2, -0.15) is 0 Å². The SMILES string of the molecule is COC(C(=O)C(O)C(C)O)C1Cc2cc3cc(O)cc(O)c3c(O)c2C(=O)C1O. The van der Waals surface area contributed by atoms with Gasteiger partial charge in [0.15, 0.2) is 11.6 Å². The lowest BCUT2D eigenvalue weighted by atomic mass is 9.75. The highest BCUT2D eigenvalue weighted by Crippen LogP contribution is 2.43. The average molecular weight is 406 g/mol. The Balaban J connectivity index is 2.11. The number of benzene rings is 2. The maximum Gasteiger partial charge on any atom is 0.195 e. The third-order valence-corrected chi connectivity index (χ3v) is 5.31. The van der Waals surface area contributed by atoms with Crippen LogP contribution >= 0.6 is 0 Å². The minimum atomic E-state index is -1.76. The molecule has 1 aliphatic carbocycles. The fraction of sp³-hybridized carbons (Fsp3) is 0.400. The number of aliphatic hydroxyl groups excluding tert-OH is 3. The fourth-order valence-electron chi connectivity index (χ4n) is 3.87. The monoisotopic (exact) mass is 406 g/mol. The molecule has 0 aromatic heterocycles. The molecule has 5 atom stereocenters. The zero-order valence-corrected chi connectivity index (χ0v) is 15.7. The van der Waals surface area contributed by atoms with E-state index in [9.17, 15) is 40.2 Å². The molecule has 1 aliphatic rings. The van der Waals surface area contributed by atoms with E-state index >= 15 is 0 Å². The quantitative estimate of drug-likeness (QED) is 0.401. The van der Waals surface area contributed by atoms with Crippen LogP contribution in [0.5, 0.6) is 17.2 Å². The number of phenols is 3. The van der Waals surface area contributed by atoms with Crippen LogP contribution in [-0.2, 0) is 16.0 Å².